The number of rotatable bonds is 5. The highest BCUT2D eigenvalue weighted by Gasteiger charge is 2.46. The first-order valence-electron chi connectivity index (χ1n) is 12.6. The number of aryl methyl sites for hydroxylation is 1. The van der Waals surface area contributed by atoms with Crippen molar-refractivity contribution < 1.29 is 23.8 Å². The fourth-order valence-electron chi connectivity index (χ4n) is 6.11. The van der Waals surface area contributed by atoms with Gasteiger partial charge < -0.3 is 25.0 Å². The van der Waals surface area contributed by atoms with E-state index in [4.69, 9.17) is 9.72 Å². The molecule has 0 saturated carbocycles. The number of ether oxygens (including phenoxy) is 1. The number of aliphatic hydroxyl groups is 1. The zero-order valence-corrected chi connectivity index (χ0v) is 21.1. The van der Waals surface area contributed by atoms with E-state index in [1.165, 1.54) is 12.3 Å². The summed E-state index contributed by atoms with van der Waals surface area (Å²) in [6.45, 7) is 6.99. The van der Waals surface area contributed by atoms with Crippen molar-refractivity contribution in [1.82, 2.24) is 20.2 Å². The van der Waals surface area contributed by atoms with E-state index in [1.54, 1.807) is 24.5 Å². The number of nitrogens with one attached hydrogen (secondary N) is 2. The maximum Gasteiger partial charge on any atom is 0.343 e. The molecule has 2 aliphatic heterocycles. The Hall–Kier alpha value is -4.05. The maximum atomic E-state index is 15.0. The molecule has 3 N–H and O–H groups in total. The lowest BCUT2D eigenvalue weighted by Crippen LogP contribution is -2.44. The molecular formula is C28H27FN4O5. The minimum atomic E-state index is -1.94. The molecule has 10 heteroatoms. The van der Waals surface area contributed by atoms with Gasteiger partial charge in [0.1, 0.15) is 12.4 Å². The third-order valence-electron chi connectivity index (χ3n) is 8.12. The normalized spacial score (nSPS) is 20.8. The van der Waals surface area contributed by atoms with E-state index in [9.17, 15) is 23.9 Å². The number of aromatic nitrogens is 2. The summed E-state index contributed by atoms with van der Waals surface area (Å²) in [4.78, 5) is 43.6. The Labute approximate surface area is 217 Å². The van der Waals surface area contributed by atoms with Crippen molar-refractivity contribution in [1.29, 1.82) is 0 Å². The first-order valence-corrected chi connectivity index (χ1v) is 12.6. The summed E-state index contributed by atoms with van der Waals surface area (Å²) < 4.78 is 21.7. The van der Waals surface area contributed by atoms with Crippen LogP contribution < -0.4 is 16.2 Å². The van der Waals surface area contributed by atoms with Crippen molar-refractivity contribution >= 4 is 22.8 Å². The number of amides is 1. The summed E-state index contributed by atoms with van der Waals surface area (Å²) >= 11 is 0. The minimum Gasteiger partial charge on any atom is -0.458 e. The molecule has 6 rings (SSSR count). The molecule has 1 aliphatic carbocycles. The number of benzene rings is 1. The molecule has 0 fully saturated rings. The van der Waals surface area contributed by atoms with Gasteiger partial charge in [0.15, 0.2) is 5.60 Å². The lowest BCUT2D eigenvalue weighted by Gasteiger charge is -2.31. The molecule has 4 heterocycles. The Morgan fingerprint density at radius 2 is 2.13 bits per heavy atom. The van der Waals surface area contributed by atoms with Crippen molar-refractivity contribution in [3.8, 4) is 11.4 Å². The lowest BCUT2D eigenvalue weighted by atomic mass is 9.81. The van der Waals surface area contributed by atoms with Gasteiger partial charge in [-0.3, -0.25) is 9.59 Å². The van der Waals surface area contributed by atoms with E-state index in [2.05, 4.69) is 17.2 Å². The maximum absolute atomic E-state index is 15.0. The highest BCUT2D eigenvalue weighted by molar-refractivity contribution is 5.94. The number of hydrogen-bond acceptors (Lipinski definition) is 7. The second-order valence-corrected chi connectivity index (χ2v) is 10.1. The molecule has 1 amide bonds. The number of pyridine rings is 2. The molecule has 3 aromatic rings. The minimum absolute atomic E-state index is 0.0334. The van der Waals surface area contributed by atoms with E-state index in [-0.39, 0.29) is 60.6 Å². The summed E-state index contributed by atoms with van der Waals surface area (Å²) in [5.41, 5.74) is 2.45. The molecule has 2 atom stereocenters. The molecule has 0 radical (unpaired) electrons. The van der Waals surface area contributed by atoms with Gasteiger partial charge in [-0.2, -0.15) is 0 Å². The van der Waals surface area contributed by atoms with Crippen LogP contribution in [-0.4, -0.2) is 33.1 Å². The second-order valence-electron chi connectivity index (χ2n) is 10.1. The molecule has 2 aromatic heterocycles. The zero-order valence-electron chi connectivity index (χ0n) is 21.1. The number of carbonyl (C=O) groups is 2. The van der Waals surface area contributed by atoms with E-state index < -0.39 is 11.6 Å². The van der Waals surface area contributed by atoms with Gasteiger partial charge in [0, 0.05) is 22.6 Å². The van der Waals surface area contributed by atoms with Crippen LogP contribution in [0.15, 0.2) is 29.7 Å². The van der Waals surface area contributed by atoms with Gasteiger partial charge >= 0.3 is 5.97 Å². The van der Waals surface area contributed by atoms with E-state index in [1.807, 2.05) is 0 Å². The van der Waals surface area contributed by atoms with Crippen LogP contribution in [0.3, 0.4) is 0 Å². The smallest absolute Gasteiger partial charge is 0.343 e. The van der Waals surface area contributed by atoms with Crippen LogP contribution in [0.4, 0.5) is 4.39 Å². The topological polar surface area (TPSA) is 123 Å². The van der Waals surface area contributed by atoms with Gasteiger partial charge in [0.05, 0.1) is 41.6 Å². The van der Waals surface area contributed by atoms with Crippen LogP contribution in [0.1, 0.15) is 59.2 Å². The van der Waals surface area contributed by atoms with Crippen molar-refractivity contribution in [2.75, 3.05) is 6.54 Å². The first kappa shape index (κ1) is 24.3. The van der Waals surface area contributed by atoms with Gasteiger partial charge in [-0.05, 0) is 55.1 Å². The van der Waals surface area contributed by atoms with E-state index in [0.29, 0.717) is 35.3 Å². The molecule has 2 unspecified atom stereocenters. The highest BCUT2D eigenvalue weighted by Crippen LogP contribution is 2.45. The monoisotopic (exact) mass is 518 g/mol. The molecule has 0 saturated heterocycles. The molecule has 1 aromatic carbocycles. The van der Waals surface area contributed by atoms with Crippen molar-refractivity contribution in [2.45, 2.75) is 57.9 Å². The number of cyclic esters (lactones) is 1. The number of hydrogen-bond donors (Lipinski definition) is 3. The van der Waals surface area contributed by atoms with E-state index >= 15 is 0 Å². The summed E-state index contributed by atoms with van der Waals surface area (Å²) in [6.07, 6.45) is 2.60. The van der Waals surface area contributed by atoms with Crippen LogP contribution in [0.2, 0.25) is 0 Å². The fourth-order valence-corrected chi connectivity index (χ4v) is 6.11. The molecule has 3 aliphatic rings. The fraction of sp³-hybridized carbons (Fsp3) is 0.357. The third kappa shape index (κ3) is 3.26. The zero-order chi connectivity index (χ0) is 26.9. The van der Waals surface area contributed by atoms with Gasteiger partial charge in [0.2, 0.25) is 5.91 Å². The highest BCUT2D eigenvalue weighted by atomic mass is 19.1. The Bertz CT molecular complexity index is 1650. The molecule has 38 heavy (non-hydrogen) atoms. The van der Waals surface area contributed by atoms with Crippen LogP contribution in [0.5, 0.6) is 0 Å². The predicted molar refractivity (Wildman–Crippen MR) is 137 cm³/mol. The summed E-state index contributed by atoms with van der Waals surface area (Å²) in [6, 6.07) is 2.65. The SMILES string of the molecule is C=CNCC(=O)NC1CCc2c(C)c(F)cc3nc4c(c1c23)Cn1c-4cc2c(c1=O)COC(=O)C2(O)CC. The van der Waals surface area contributed by atoms with Gasteiger partial charge in [-0.1, -0.05) is 13.5 Å². The van der Waals surface area contributed by atoms with Crippen molar-refractivity contribution in [3.63, 3.8) is 0 Å². The van der Waals surface area contributed by atoms with Gasteiger partial charge in [0.25, 0.3) is 5.56 Å². The Kier molecular flexibility index (Phi) is 5.43. The third-order valence-corrected chi connectivity index (χ3v) is 8.12. The number of esters is 1. The Morgan fingerprint density at radius 3 is 2.87 bits per heavy atom. The van der Waals surface area contributed by atoms with Gasteiger partial charge in [-0.25, -0.2) is 14.2 Å². The largest absolute Gasteiger partial charge is 0.458 e. The second kappa shape index (κ2) is 8.49. The lowest BCUT2D eigenvalue weighted by molar-refractivity contribution is -0.172. The Morgan fingerprint density at radius 1 is 1.34 bits per heavy atom. The predicted octanol–water partition coefficient (Wildman–Crippen LogP) is 2.36. The molecule has 196 valence electrons. The van der Waals surface area contributed by atoms with Crippen LogP contribution in [0.25, 0.3) is 22.3 Å². The summed E-state index contributed by atoms with van der Waals surface area (Å²) in [7, 11) is 0. The van der Waals surface area contributed by atoms with E-state index in [0.717, 1.165) is 22.1 Å². The number of halogens is 1. The first-order chi connectivity index (χ1) is 18.2. The van der Waals surface area contributed by atoms with Crippen molar-refractivity contribution in [2.24, 2.45) is 0 Å². The average Bonchev–Trinajstić information content (AvgIpc) is 3.27. The number of nitrogens with zero attached hydrogens (tertiary/aromatic N) is 2. The molecular weight excluding hydrogens is 491 g/mol. The summed E-state index contributed by atoms with van der Waals surface area (Å²) in [5, 5.41) is 17.8. The standard InChI is InChI=1S/C28H27FN4O5/c1-4-28(37)17-8-21-25-15(11-33(21)26(35)16(17)12-38-27(28)36)24-19(31-22(34)10-30-5-2)7-6-14-13(3)18(29)9-20(32-25)23(14)24/h5,8-9,19,30,37H,2,4,6-7,10-12H2,1,3H3,(H,31,34). The Balaban J connectivity index is 1.61. The van der Waals surface area contributed by atoms with Crippen LogP contribution >= 0.6 is 0 Å². The molecule has 0 bridgehead atoms. The summed E-state index contributed by atoms with van der Waals surface area (Å²) in [5.74, 6) is -1.38. The number of carbonyl (C=O) groups excluding carboxylic acids is 2. The van der Waals surface area contributed by atoms with Crippen LogP contribution in [0, 0.1) is 12.7 Å². The quantitative estimate of drug-likeness (QED) is 0.347. The van der Waals surface area contributed by atoms with Gasteiger partial charge in [-0.15, -0.1) is 0 Å². The molecule has 0 spiro atoms. The average molecular weight is 519 g/mol. The number of fused-ring (bicyclic) bond motifs is 5. The van der Waals surface area contributed by atoms with Crippen LogP contribution in [-0.2, 0) is 39.5 Å². The van der Waals surface area contributed by atoms with Crippen molar-refractivity contribution in [3.05, 3.63) is 74.5 Å². The molecule has 9 nitrogen and oxygen atoms in total.